The molecule has 23 heavy (non-hydrogen) atoms. The third kappa shape index (κ3) is 2.63. The SMILES string of the molecule is CC1Cc2ccccc2N1c1nccc(/C=C/c2ccco2)n1. The highest BCUT2D eigenvalue weighted by Crippen LogP contribution is 2.36. The minimum atomic E-state index is 0.358. The van der Waals surface area contributed by atoms with E-state index in [0.717, 1.165) is 23.8 Å². The van der Waals surface area contributed by atoms with E-state index in [0.29, 0.717) is 6.04 Å². The Morgan fingerprint density at radius 1 is 1.13 bits per heavy atom. The van der Waals surface area contributed by atoms with Crippen molar-refractivity contribution in [3.05, 3.63) is 71.9 Å². The average Bonchev–Trinajstić information content (AvgIpc) is 3.19. The molecule has 0 saturated carbocycles. The predicted octanol–water partition coefficient (Wildman–Crippen LogP) is 4.32. The molecule has 0 radical (unpaired) electrons. The van der Waals surface area contributed by atoms with Gasteiger partial charge in [0.1, 0.15) is 5.76 Å². The Morgan fingerprint density at radius 3 is 2.91 bits per heavy atom. The number of hydrogen-bond donors (Lipinski definition) is 0. The van der Waals surface area contributed by atoms with Crippen LogP contribution in [0.25, 0.3) is 12.2 Å². The Balaban J connectivity index is 1.66. The number of anilines is 2. The van der Waals surface area contributed by atoms with E-state index < -0.39 is 0 Å². The minimum absolute atomic E-state index is 0.358. The highest BCUT2D eigenvalue weighted by atomic mass is 16.3. The zero-order valence-corrected chi connectivity index (χ0v) is 12.9. The Hall–Kier alpha value is -2.88. The molecule has 114 valence electrons. The van der Waals surface area contributed by atoms with Crippen molar-refractivity contribution in [3.63, 3.8) is 0 Å². The molecule has 1 aromatic carbocycles. The highest BCUT2D eigenvalue weighted by Gasteiger charge is 2.28. The highest BCUT2D eigenvalue weighted by molar-refractivity contribution is 5.69. The number of rotatable bonds is 3. The van der Waals surface area contributed by atoms with Crippen LogP contribution in [0.15, 0.2) is 59.3 Å². The first-order valence-corrected chi connectivity index (χ1v) is 7.73. The molecule has 0 fully saturated rings. The lowest BCUT2D eigenvalue weighted by Crippen LogP contribution is -2.25. The van der Waals surface area contributed by atoms with E-state index >= 15 is 0 Å². The number of fused-ring (bicyclic) bond motifs is 1. The van der Waals surface area contributed by atoms with Gasteiger partial charge < -0.3 is 9.32 Å². The molecule has 3 heterocycles. The van der Waals surface area contributed by atoms with Gasteiger partial charge in [-0.3, -0.25) is 0 Å². The second kappa shape index (κ2) is 5.72. The number of aromatic nitrogens is 2. The van der Waals surface area contributed by atoms with E-state index in [1.165, 1.54) is 11.3 Å². The van der Waals surface area contributed by atoms with Gasteiger partial charge in [-0.1, -0.05) is 18.2 Å². The molecule has 4 heteroatoms. The molecule has 3 aromatic rings. The van der Waals surface area contributed by atoms with Gasteiger partial charge in [-0.2, -0.15) is 0 Å². The zero-order chi connectivity index (χ0) is 15.6. The molecule has 4 rings (SSSR count). The third-order valence-corrected chi connectivity index (χ3v) is 4.05. The number of para-hydroxylation sites is 1. The molecule has 1 aliphatic rings. The second-order valence-corrected chi connectivity index (χ2v) is 5.68. The quantitative estimate of drug-likeness (QED) is 0.722. The van der Waals surface area contributed by atoms with E-state index in [1.54, 1.807) is 12.5 Å². The summed E-state index contributed by atoms with van der Waals surface area (Å²) in [7, 11) is 0. The number of nitrogens with zero attached hydrogens (tertiary/aromatic N) is 3. The number of furan rings is 1. The monoisotopic (exact) mass is 303 g/mol. The zero-order valence-electron chi connectivity index (χ0n) is 12.9. The standard InChI is InChI=1S/C19H17N3O/c1-14-13-15-5-2-3-7-18(15)22(14)19-20-11-10-16(21-19)8-9-17-6-4-12-23-17/h2-12,14H,13H2,1H3/b9-8+. The summed E-state index contributed by atoms with van der Waals surface area (Å²) in [5, 5.41) is 0. The van der Waals surface area contributed by atoms with Gasteiger partial charge in [0.2, 0.25) is 5.95 Å². The van der Waals surface area contributed by atoms with Gasteiger partial charge in [0.05, 0.1) is 12.0 Å². The summed E-state index contributed by atoms with van der Waals surface area (Å²) in [4.78, 5) is 11.4. The fourth-order valence-electron chi connectivity index (χ4n) is 2.99. The van der Waals surface area contributed by atoms with Crippen LogP contribution in [0.4, 0.5) is 11.6 Å². The molecule has 4 nitrogen and oxygen atoms in total. The van der Waals surface area contributed by atoms with Crippen molar-refractivity contribution >= 4 is 23.8 Å². The van der Waals surface area contributed by atoms with Gasteiger partial charge in [-0.05, 0) is 55.3 Å². The van der Waals surface area contributed by atoms with E-state index in [-0.39, 0.29) is 0 Å². The molecule has 1 atom stereocenters. The molecule has 0 N–H and O–H groups in total. The maximum absolute atomic E-state index is 5.31. The van der Waals surface area contributed by atoms with Crippen LogP contribution in [-0.4, -0.2) is 16.0 Å². The molecule has 1 aliphatic heterocycles. The molecule has 0 amide bonds. The van der Waals surface area contributed by atoms with Crippen LogP contribution in [-0.2, 0) is 6.42 Å². The topological polar surface area (TPSA) is 42.2 Å². The van der Waals surface area contributed by atoms with Crippen molar-refractivity contribution < 1.29 is 4.42 Å². The lowest BCUT2D eigenvalue weighted by Gasteiger charge is -2.22. The van der Waals surface area contributed by atoms with Crippen molar-refractivity contribution in [1.82, 2.24) is 9.97 Å². The smallest absolute Gasteiger partial charge is 0.230 e. The van der Waals surface area contributed by atoms with Crippen LogP contribution in [0.5, 0.6) is 0 Å². The lowest BCUT2D eigenvalue weighted by molar-refractivity contribution is 0.557. The maximum Gasteiger partial charge on any atom is 0.230 e. The van der Waals surface area contributed by atoms with E-state index in [4.69, 9.17) is 4.42 Å². The van der Waals surface area contributed by atoms with Crippen molar-refractivity contribution in [3.8, 4) is 0 Å². The second-order valence-electron chi connectivity index (χ2n) is 5.68. The predicted molar refractivity (Wildman–Crippen MR) is 91.4 cm³/mol. The lowest BCUT2D eigenvalue weighted by atomic mass is 10.1. The van der Waals surface area contributed by atoms with Crippen LogP contribution in [0.1, 0.15) is 23.9 Å². The van der Waals surface area contributed by atoms with Gasteiger partial charge in [-0.15, -0.1) is 0 Å². The molecular formula is C19H17N3O. The molecule has 2 aromatic heterocycles. The first-order chi connectivity index (χ1) is 11.3. The van der Waals surface area contributed by atoms with Gasteiger partial charge in [0.15, 0.2) is 0 Å². The van der Waals surface area contributed by atoms with Gasteiger partial charge in [0.25, 0.3) is 0 Å². The molecule has 0 spiro atoms. The van der Waals surface area contributed by atoms with Crippen molar-refractivity contribution in [2.45, 2.75) is 19.4 Å². The van der Waals surface area contributed by atoms with Gasteiger partial charge in [-0.25, -0.2) is 9.97 Å². The van der Waals surface area contributed by atoms with Gasteiger partial charge in [0, 0.05) is 17.9 Å². The molecule has 0 saturated heterocycles. The van der Waals surface area contributed by atoms with E-state index in [2.05, 4.69) is 46.1 Å². The first-order valence-electron chi connectivity index (χ1n) is 7.73. The molecule has 1 unspecified atom stereocenters. The summed E-state index contributed by atoms with van der Waals surface area (Å²) in [6, 6.07) is 14.5. The Morgan fingerprint density at radius 2 is 2.04 bits per heavy atom. The van der Waals surface area contributed by atoms with Crippen LogP contribution in [0.2, 0.25) is 0 Å². The maximum atomic E-state index is 5.31. The van der Waals surface area contributed by atoms with E-state index in [9.17, 15) is 0 Å². The van der Waals surface area contributed by atoms with Crippen LogP contribution >= 0.6 is 0 Å². The number of benzene rings is 1. The van der Waals surface area contributed by atoms with E-state index in [1.807, 2.05) is 30.4 Å². The van der Waals surface area contributed by atoms with Crippen LogP contribution in [0.3, 0.4) is 0 Å². The summed E-state index contributed by atoms with van der Waals surface area (Å²) in [6.45, 7) is 2.20. The Bertz CT molecular complexity index is 839. The Labute approximate surface area is 135 Å². The number of hydrogen-bond acceptors (Lipinski definition) is 4. The van der Waals surface area contributed by atoms with Crippen LogP contribution < -0.4 is 4.90 Å². The Kier molecular flexibility index (Phi) is 3.42. The van der Waals surface area contributed by atoms with Crippen molar-refractivity contribution in [2.75, 3.05) is 4.90 Å². The molecule has 0 bridgehead atoms. The first kappa shape index (κ1) is 13.8. The van der Waals surface area contributed by atoms with Crippen LogP contribution in [0, 0.1) is 0 Å². The molecule has 0 aliphatic carbocycles. The van der Waals surface area contributed by atoms with Gasteiger partial charge >= 0.3 is 0 Å². The normalized spacial score (nSPS) is 16.9. The fourth-order valence-corrected chi connectivity index (χ4v) is 2.99. The summed E-state index contributed by atoms with van der Waals surface area (Å²) in [6.07, 6.45) is 8.34. The summed E-state index contributed by atoms with van der Waals surface area (Å²) in [5.41, 5.74) is 3.41. The average molecular weight is 303 g/mol. The van der Waals surface area contributed by atoms with Crippen molar-refractivity contribution in [1.29, 1.82) is 0 Å². The third-order valence-electron chi connectivity index (χ3n) is 4.05. The summed E-state index contributed by atoms with van der Waals surface area (Å²) in [5.74, 6) is 1.55. The minimum Gasteiger partial charge on any atom is -0.465 e. The fraction of sp³-hybridized carbons (Fsp3) is 0.158. The van der Waals surface area contributed by atoms with Crippen molar-refractivity contribution in [2.24, 2.45) is 0 Å². The largest absolute Gasteiger partial charge is 0.465 e. The molecular weight excluding hydrogens is 286 g/mol. The summed E-state index contributed by atoms with van der Waals surface area (Å²) >= 11 is 0. The summed E-state index contributed by atoms with van der Waals surface area (Å²) < 4.78 is 5.31.